The first-order valence-electron chi connectivity index (χ1n) is 11.2. The lowest BCUT2D eigenvalue weighted by molar-refractivity contribution is 0.0375. The van der Waals surface area contributed by atoms with Crippen LogP contribution in [-0.4, -0.2) is 101 Å². The van der Waals surface area contributed by atoms with Crippen LogP contribution in [-0.2, 0) is 15.9 Å². The van der Waals surface area contributed by atoms with Crippen molar-refractivity contribution in [1.82, 2.24) is 24.8 Å². The van der Waals surface area contributed by atoms with Gasteiger partial charge in [0.15, 0.2) is 0 Å². The molecule has 0 saturated carbocycles. The lowest BCUT2D eigenvalue weighted by Gasteiger charge is -2.44. The number of hydrogen-bond acceptors (Lipinski definition) is 11. The number of amides is 1. The van der Waals surface area contributed by atoms with Crippen molar-refractivity contribution in [3.05, 3.63) is 18.0 Å². The van der Waals surface area contributed by atoms with Crippen molar-refractivity contribution >= 4 is 23.8 Å². The topological polar surface area (TPSA) is 143 Å². The molecule has 33 heavy (non-hydrogen) atoms. The van der Waals surface area contributed by atoms with Crippen LogP contribution < -0.4 is 15.5 Å². The van der Waals surface area contributed by atoms with Crippen molar-refractivity contribution in [1.29, 1.82) is 0 Å². The molecule has 2 fully saturated rings. The molecule has 2 aromatic heterocycles. The number of aromatic nitrogens is 4. The third kappa shape index (κ3) is 4.35. The van der Waals surface area contributed by atoms with Crippen molar-refractivity contribution in [3.63, 3.8) is 0 Å². The molecule has 0 aromatic carbocycles. The van der Waals surface area contributed by atoms with Crippen molar-refractivity contribution in [2.45, 2.75) is 25.5 Å². The highest BCUT2D eigenvalue weighted by molar-refractivity contribution is 5.74. The van der Waals surface area contributed by atoms with E-state index >= 15 is 0 Å². The van der Waals surface area contributed by atoms with Gasteiger partial charge in [-0.05, 0) is 13.3 Å². The van der Waals surface area contributed by atoms with Crippen LogP contribution >= 0.6 is 0 Å². The number of fused-ring (bicyclic) bond motifs is 1. The van der Waals surface area contributed by atoms with Gasteiger partial charge in [0.1, 0.15) is 12.4 Å². The third-order valence-electron chi connectivity index (χ3n) is 6.10. The monoisotopic (exact) mass is 456 g/mol. The highest BCUT2D eigenvalue weighted by atomic mass is 16.6. The SMILES string of the molecule is CC(O)COC(=O)N1CC(N2CCc3c(-c4cnc(N)nc4)nc(N4CCOCC4)nc32)C1. The number of morpholine rings is 1. The summed E-state index contributed by atoms with van der Waals surface area (Å²) in [6, 6.07) is 0.147. The third-order valence-corrected chi connectivity index (χ3v) is 6.10. The number of nitrogens with two attached hydrogens (primary N) is 1. The average molecular weight is 457 g/mol. The zero-order valence-electron chi connectivity index (χ0n) is 18.6. The number of carbonyl (C=O) groups excluding carboxylic acids is 1. The molecular weight excluding hydrogens is 428 g/mol. The molecule has 1 amide bonds. The van der Waals surface area contributed by atoms with Crippen molar-refractivity contribution < 1.29 is 19.4 Å². The molecule has 2 saturated heterocycles. The molecule has 176 valence electrons. The van der Waals surface area contributed by atoms with Gasteiger partial charge in [-0.15, -0.1) is 0 Å². The molecule has 1 atom stereocenters. The van der Waals surface area contributed by atoms with Gasteiger partial charge in [0, 0.05) is 56.2 Å². The number of nitrogens with zero attached hydrogens (tertiary/aromatic N) is 7. The van der Waals surface area contributed by atoms with Gasteiger partial charge in [-0.3, -0.25) is 0 Å². The Balaban J connectivity index is 1.40. The fourth-order valence-corrected chi connectivity index (χ4v) is 4.31. The highest BCUT2D eigenvalue weighted by Crippen LogP contribution is 2.37. The molecular formula is C21H28N8O4. The van der Waals surface area contributed by atoms with E-state index in [9.17, 15) is 9.90 Å². The minimum Gasteiger partial charge on any atom is -0.447 e. The summed E-state index contributed by atoms with van der Waals surface area (Å²) in [6.07, 6.45) is 3.10. The zero-order valence-corrected chi connectivity index (χ0v) is 18.6. The summed E-state index contributed by atoms with van der Waals surface area (Å²) < 4.78 is 10.6. The minimum absolute atomic E-state index is 0.00426. The predicted octanol–water partition coefficient (Wildman–Crippen LogP) is -0.0835. The second-order valence-corrected chi connectivity index (χ2v) is 8.53. The Morgan fingerprint density at radius 2 is 1.97 bits per heavy atom. The van der Waals surface area contributed by atoms with E-state index in [2.05, 4.69) is 19.8 Å². The minimum atomic E-state index is -0.678. The molecule has 3 aliphatic heterocycles. The number of rotatable bonds is 5. The Morgan fingerprint density at radius 1 is 1.24 bits per heavy atom. The van der Waals surface area contributed by atoms with Gasteiger partial charge in [0.25, 0.3) is 0 Å². The van der Waals surface area contributed by atoms with Crippen LogP contribution in [0.15, 0.2) is 12.4 Å². The van der Waals surface area contributed by atoms with Crippen LogP contribution in [0, 0.1) is 0 Å². The number of anilines is 3. The van der Waals surface area contributed by atoms with Crippen LogP contribution in [0.5, 0.6) is 0 Å². The quantitative estimate of drug-likeness (QED) is 0.623. The normalized spacial score (nSPS) is 19.3. The van der Waals surface area contributed by atoms with Crippen molar-refractivity contribution in [2.75, 3.05) is 68.1 Å². The molecule has 0 bridgehead atoms. The fraction of sp³-hybridized carbons (Fsp3) is 0.571. The van der Waals surface area contributed by atoms with E-state index in [1.807, 2.05) is 0 Å². The number of ether oxygens (including phenoxy) is 2. The highest BCUT2D eigenvalue weighted by Gasteiger charge is 2.40. The summed E-state index contributed by atoms with van der Waals surface area (Å²) >= 11 is 0. The number of carbonyl (C=O) groups is 1. The first-order chi connectivity index (χ1) is 16.0. The first-order valence-corrected chi connectivity index (χ1v) is 11.2. The summed E-state index contributed by atoms with van der Waals surface area (Å²) in [5, 5.41) is 9.33. The molecule has 1 unspecified atom stereocenters. The van der Waals surface area contributed by atoms with Crippen LogP contribution in [0.3, 0.4) is 0 Å². The number of nitrogen functional groups attached to an aromatic ring is 1. The fourth-order valence-electron chi connectivity index (χ4n) is 4.31. The van der Waals surface area contributed by atoms with E-state index in [0.29, 0.717) is 32.3 Å². The summed E-state index contributed by atoms with van der Waals surface area (Å²) in [4.78, 5) is 36.3. The largest absolute Gasteiger partial charge is 0.447 e. The zero-order chi connectivity index (χ0) is 22.9. The second-order valence-electron chi connectivity index (χ2n) is 8.53. The lowest BCUT2D eigenvalue weighted by atomic mass is 10.1. The molecule has 0 spiro atoms. The maximum absolute atomic E-state index is 12.2. The molecule has 12 nitrogen and oxygen atoms in total. The Labute approximate surface area is 191 Å². The molecule has 2 aromatic rings. The molecule has 5 heterocycles. The molecule has 0 radical (unpaired) electrons. The molecule has 3 N–H and O–H groups in total. The number of hydrogen-bond donors (Lipinski definition) is 2. The maximum Gasteiger partial charge on any atom is 0.409 e. The Kier molecular flexibility index (Phi) is 5.85. The number of likely N-dealkylation sites (tertiary alicyclic amines) is 1. The van der Waals surface area contributed by atoms with E-state index in [-0.39, 0.29) is 18.6 Å². The number of aliphatic hydroxyl groups excluding tert-OH is 1. The second kappa shape index (κ2) is 8.94. The van der Waals surface area contributed by atoms with Crippen LogP contribution in [0.25, 0.3) is 11.3 Å². The molecule has 12 heteroatoms. The number of aliphatic hydroxyl groups is 1. The Bertz CT molecular complexity index is 1010. The summed E-state index contributed by atoms with van der Waals surface area (Å²) in [7, 11) is 0. The smallest absolute Gasteiger partial charge is 0.409 e. The van der Waals surface area contributed by atoms with Crippen LogP contribution in [0.1, 0.15) is 12.5 Å². The Morgan fingerprint density at radius 3 is 2.67 bits per heavy atom. The maximum atomic E-state index is 12.2. The van der Waals surface area contributed by atoms with Gasteiger partial charge in [0.05, 0.1) is 31.1 Å². The summed E-state index contributed by atoms with van der Waals surface area (Å²) in [6.45, 7) is 6.20. The van der Waals surface area contributed by atoms with E-state index in [1.165, 1.54) is 0 Å². The van der Waals surface area contributed by atoms with Crippen LogP contribution in [0.2, 0.25) is 0 Å². The van der Waals surface area contributed by atoms with Gasteiger partial charge in [0.2, 0.25) is 11.9 Å². The van der Waals surface area contributed by atoms with Gasteiger partial charge >= 0.3 is 6.09 Å². The van der Waals surface area contributed by atoms with E-state index in [0.717, 1.165) is 48.7 Å². The lowest BCUT2D eigenvalue weighted by Crippen LogP contribution is -2.61. The van der Waals surface area contributed by atoms with E-state index in [4.69, 9.17) is 25.2 Å². The molecule has 3 aliphatic rings. The van der Waals surface area contributed by atoms with Gasteiger partial charge in [-0.2, -0.15) is 4.98 Å². The summed E-state index contributed by atoms with van der Waals surface area (Å²) in [5.41, 5.74) is 8.36. The van der Waals surface area contributed by atoms with Crippen molar-refractivity contribution in [3.8, 4) is 11.3 Å². The van der Waals surface area contributed by atoms with Crippen LogP contribution in [0.4, 0.5) is 22.5 Å². The van der Waals surface area contributed by atoms with E-state index < -0.39 is 12.2 Å². The first kappa shape index (κ1) is 21.6. The standard InChI is InChI=1S/C21H28N8O4/c1-13(30)12-33-21(31)28-10-15(11-28)29-3-2-16-17(14-8-23-19(22)24-9-14)25-20(26-18(16)29)27-4-6-32-7-5-27/h8-9,13,15,30H,2-7,10-12H2,1H3,(H2,22,23,24). The summed E-state index contributed by atoms with van der Waals surface area (Å²) in [5.74, 6) is 1.76. The molecule has 0 aliphatic carbocycles. The van der Waals surface area contributed by atoms with Gasteiger partial charge in [-0.1, -0.05) is 0 Å². The Hall–Kier alpha value is -3.25. The van der Waals surface area contributed by atoms with Crippen molar-refractivity contribution in [2.24, 2.45) is 0 Å². The predicted molar refractivity (Wildman–Crippen MR) is 120 cm³/mol. The van der Waals surface area contributed by atoms with Gasteiger partial charge < -0.3 is 35.0 Å². The molecule has 5 rings (SSSR count). The van der Waals surface area contributed by atoms with E-state index in [1.54, 1.807) is 24.2 Å². The van der Waals surface area contributed by atoms with Gasteiger partial charge in [-0.25, -0.2) is 19.7 Å². The average Bonchev–Trinajstić information content (AvgIpc) is 3.21.